The van der Waals surface area contributed by atoms with Gasteiger partial charge in [-0.2, -0.15) is 0 Å². The Hall–Kier alpha value is -0.280. The van der Waals surface area contributed by atoms with E-state index in [0.29, 0.717) is 59.3 Å². The maximum atomic E-state index is 5.69. The lowest BCUT2D eigenvalue weighted by atomic mass is 10.0. The largest absolute Gasteiger partial charge is 0.379 e. The Balaban J connectivity index is 4.22. The van der Waals surface area contributed by atoms with Gasteiger partial charge in [-0.1, -0.05) is 0 Å². The van der Waals surface area contributed by atoms with Crippen LogP contribution in [0.25, 0.3) is 0 Å². The number of likely N-dealkylation sites (N-methyl/N-ethyl adjacent to an activating group) is 1. The zero-order chi connectivity index (χ0) is 15.8. The first-order valence-electron chi connectivity index (χ1n) is 7.77. The molecule has 0 aliphatic heterocycles. The van der Waals surface area contributed by atoms with Gasteiger partial charge in [-0.15, -0.1) is 0 Å². The molecule has 0 bridgehead atoms. The molecule has 0 spiro atoms. The molecule has 0 aromatic carbocycles. The van der Waals surface area contributed by atoms with E-state index in [4.69, 9.17) is 31.4 Å². The van der Waals surface area contributed by atoms with Crippen LogP contribution in [0.3, 0.4) is 0 Å². The lowest BCUT2D eigenvalue weighted by Crippen LogP contribution is -2.55. The average molecular weight is 306 g/mol. The molecular formula is C14H34N4O3. The highest BCUT2D eigenvalue weighted by Gasteiger charge is 2.29. The lowest BCUT2D eigenvalue weighted by Gasteiger charge is -2.33. The summed E-state index contributed by atoms with van der Waals surface area (Å²) in [6.45, 7) is 5.40. The van der Waals surface area contributed by atoms with Crippen molar-refractivity contribution in [2.24, 2.45) is 17.2 Å². The van der Waals surface area contributed by atoms with Crippen LogP contribution in [0.2, 0.25) is 0 Å². The molecule has 7 N–H and O–H groups in total. The van der Waals surface area contributed by atoms with E-state index in [0.717, 1.165) is 19.3 Å². The van der Waals surface area contributed by atoms with Crippen LogP contribution in [0, 0.1) is 0 Å². The second-order valence-corrected chi connectivity index (χ2v) is 5.11. The summed E-state index contributed by atoms with van der Waals surface area (Å²) < 4.78 is 17.1. The number of nitrogens with two attached hydrogens (primary N) is 3. The number of nitrogens with one attached hydrogen (secondary N) is 1. The van der Waals surface area contributed by atoms with Gasteiger partial charge in [-0.05, 0) is 45.9 Å². The van der Waals surface area contributed by atoms with Gasteiger partial charge in [0.2, 0.25) is 0 Å². The first-order chi connectivity index (χ1) is 10.2. The Bertz CT molecular complexity index is 189. The van der Waals surface area contributed by atoms with Crippen molar-refractivity contribution in [3.63, 3.8) is 0 Å². The van der Waals surface area contributed by atoms with Crippen molar-refractivity contribution in [1.29, 1.82) is 0 Å². The Morgan fingerprint density at radius 1 is 0.714 bits per heavy atom. The summed E-state index contributed by atoms with van der Waals surface area (Å²) in [7, 11) is 1.89. The minimum atomic E-state index is -0.349. The summed E-state index contributed by atoms with van der Waals surface area (Å²) in [4.78, 5) is 0. The minimum Gasteiger partial charge on any atom is -0.379 e. The molecule has 0 heterocycles. The number of hydrogen-bond acceptors (Lipinski definition) is 7. The fourth-order valence-electron chi connectivity index (χ4n) is 1.70. The Morgan fingerprint density at radius 2 is 1.05 bits per heavy atom. The Kier molecular flexibility index (Phi) is 14.5. The SMILES string of the molecule is CNC(COCCCN)(COCCCN)COCCCN. The predicted molar refractivity (Wildman–Crippen MR) is 85.3 cm³/mol. The molecule has 0 aliphatic rings. The topological polar surface area (TPSA) is 118 Å². The van der Waals surface area contributed by atoms with Gasteiger partial charge in [0.1, 0.15) is 0 Å². The monoisotopic (exact) mass is 306 g/mol. The molecule has 7 heteroatoms. The number of ether oxygens (including phenoxy) is 3. The second kappa shape index (κ2) is 14.6. The predicted octanol–water partition coefficient (Wildman–Crippen LogP) is -0.959. The Morgan fingerprint density at radius 3 is 1.29 bits per heavy atom. The molecule has 0 fully saturated rings. The zero-order valence-corrected chi connectivity index (χ0v) is 13.4. The van der Waals surface area contributed by atoms with Crippen LogP contribution in [0.1, 0.15) is 19.3 Å². The third kappa shape index (κ3) is 11.0. The lowest BCUT2D eigenvalue weighted by molar-refractivity contribution is -0.0371. The summed E-state index contributed by atoms with van der Waals surface area (Å²) in [5, 5.41) is 3.28. The molecule has 0 aromatic rings. The van der Waals surface area contributed by atoms with Gasteiger partial charge in [0.05, 0.1) is 25.4 Å². The van der Waals surface area contributed by atoms with E-state index < -0.39 is 0 Å². The highest BCUT2D eigenvalue weighted by molar-refractivity contribution is 4.87. The van der Waals surface area contributed by atoms with Crippen molar-refractivity contribution in [2.45, 2.75) is 24.8 Å². The van der Waals surface area contributed by atoms with E-state index >= 15 is 0 Å². The molecule has 21 heavy (non-hydrogen) atoms. The van der Waals surface area contributed by atoms with Crippen molar-refractivity contribution < 1.29 is 14.2 Å². The summed E-state index contributed by atoms with van der Waals surface area (Å²) in [5.41, 5.74) is 16.1. The molecule has 0 atom stereocenters. The molecular weight excluding hydrogens is 272 g/mol. The molecule has 0 unspecified atom stereocenters. The van der Waals surface area contributed by atoms with E-state index in [-0.39, 0.29) is 5.54 Å². The van der Waals surface area contributed by atoms with Gasteiger partial charge in [0.15, 0.2) is 0 Å². The van der Waals surface area contributed by atoms with Crippen LogP contribution in [0.15, 0.2) is 0 Å². The molecule has 0 amide bonds. The van der Waals surface area contributed by atoms with Crippen molar-refractivity contribution in [2.75, 3.05) is 66.3 Å². The van der Waals surface area contributed by atoms with E-state index in [1.807, 2.05) is 7.05 Å². The molecule has 0 saturated carbocycles. The van der Waals surface area contributed by atoms with Crippen molar-refractivity contribution >= 4 is 0 Å². The van der Waals surface area contributed by atoms with Crippen molar-refractivity contribution in [3.8, 4) is 0 Å². The van der Waals surface area contributed by atoms with E-state index in [9.17, 15) is 0 Å². The molecule has 128 valence electrons. The summed E-state index contributed by atoms with van der Waals surface area (Å²) >= 11 is 0. The van der Waals surface area contributed by atoms with Gasteiger partial charge >= 0.3 is 0 Å². The minimum absolute atomic E-state index is 0.349. The van der Waals surface area contributed by atoms with Crippen molar-refractivity contribution in [3.05, 3.63) is 0 Å². The number of rotatable bonds is 16. The quantitative estimate of drug-likeness (QED) is 0.271. The van der Waals surface area contributed by atoms with E-state index in [1.54, 1.807) is 0 Å². The maximum Gasteiger partial charge on any atom is 0.0887 e. The first kappa shape index (κ1) is 20.7. The fourth-order valence-corrected chi connectivity index (χ4v) is 1.70. The summed E-state index contributed by atoms with van der Waals surface area (Å²) in [5.74, 6) is 0. The standard InChI is InChI=1S/C14H34N4O3/c1-18-14(11-19-8-2-5-15,12-20-9-3-6-16)13-21-10-4-7-17/h18H,2-13,15-17H2,1H3. The van der Waals surface area contributed by atoms with Gasteiger partial charge in [-0.3, -0.25) is 0 Å². The number of hydrogen-bond donors (Lipinski definition) is 4. The normalized spacial score (nSPS) is 12.0. The summed E-state index contributed by atoms with van der Waals surface area (Å²) in [6, 6.07) is 0. The molecule has 0 aromatic heterocycles. The fraction of sp³-hybridized carbons (Fsp3) is 1.00. The molecule has 0 aliphatic carbocycles. The third-order valence-corrected chi connectivity index (χ3v) is 3.14. The maximum absolute atomic E-state index is 5.69. The van der Waals surface area contributed by atoms with Crippen LogP contribution in [0.5, 0.6) is 0 Å². The summed E-state index contributed by atoms with van der Waals surface area (Å²) in [6.07, 6.45) is 2.55. The molecule has 0 saturated heterocycles. The zero-order valence-electron chi connectivity index (χ0n) is 13.4. The highest BCUT2D eigenvalue weighted by Crippen LogP contribution is 2.09. The Labute approximate surface area is 128 Å². The van der Waals surface area contributed by atoms with Crippen LogP contribution in [-0.4, -0.2) is 71.9 Å². The van der Waals surface area contributed by atoms with Gasteiger partial charge in [-0.25, -0.2) is 0 Å². The molecule has 0 rings (SSSR count). The van der Waals surface area contributed by atoms with Crippen LogP contribution >= 0.6 is 0 Å². The third-order valence-electron chi connectivity index (χ3n) is 3.14. The van der Waals surface area contributed by atoms with E-state index in [2.05, 4.69) is 5.32 Å². The van der Waals surface area contributed by atoms with Gasteiger partial charge < -0.3 is 36.7 Å². The second-order valence-electron chi connectivity index (χ2n) is 5.11. The average Bonchev–Trinajstić information content (AvgIpc) is 2.51. The van der Waals surface area contributed by atoms with Crippen LogP contribution in [0.4, 0.5) is 0 Å². The smallest absolute Gasteiger partial charge is 0.0887 e. The van der Waals surface area contributed by atoms with Crippen LogP contribution < -0.4 is 22.5 Å². The first-order valence-corrected chi connectivity index (χ1v) is 7.77. The van der Waals surface area contributed by atoms with Gasteiger partial charge in [0.25, 0.3) is 0 Å². The van der Waals surface area contributed by atoms with Crippen LogP contribution in [-0.2, 0) is 14.2 Å². The highest BCUT2D eigenvalue weighted by atomic mass is 16.5. The molecule has 7 nitrogen and oxygen atoms in total. The van der Waals surface area contributed by atoms with Gasteiger partial charge in [0, 0.05) is 19.8 Å². The van der Waals surface area contributed by atoms with Crippen molar-refractivity contribution in [1.82, 2.24) is 5.32 Å². The molecule has 0 radical (unpaired) electrons. The van der Waals surface area contributed by atoms with E-state index in [1.165, 1.54) is 0 Å².